The highest BCUT2D eigenvalue weighted by atomic mass is 32.1. The number of aryl methyl sites for hydroxylation is 4. The molecule has 0 spiro atoms. The molecular weight excluding hydrogens is 458 g/mol. The van der Waals surface area contributed by atoms with Gasteiger partial charge in [-0.2, -0.15) is 0 Å². The molecule has 2 aromatic carbocycles. The highest BCUT2D eigenvalue weighted by Crippen LogP contribution is 2.30. The molecule has 0 saturated heterocycles. The third-order valence-electron chi connectivity index (χ3n) is 6.63. The van der Waals surface area contributed by atoms with Crippen molar-refractivity contribution in [3.05, 3.63) is 96.0 Å². The van der Waals surface area contributed by atoms with E-state index in [1.54, 1.807) is 33.7 Å². The van der Waals surface area contributed by atoms with Crippen molar-refractivity contribution < 1.29 is 4.79 Å². The van der Waals surface area contributed by atoms with Crippen molar-refractivity contribution in [1.82, 2.24) is 14.0 Å². The fourth-order valence-electron chi connectivity index (χ4n) is 4.77. The molecule has 2 aromatic heterocycles. The highest BCUT2D eigenvalue weighted by Gasteiger charge is 2.26. The van der Waals surface area contributed by atoms with E-state index in [-0.39, 0.29) is 5.91 Å². The van der Waals surface area contributed by atoms with Crippen LogP contribution in [0.2, 0.25) is 0 Å². The number of benzene rings is 2. The zero-order valence-corrected chi connectivity index (χ0v) is 22.0. The number of hydrogen-bond acceptors (Lipinski definition) is 4. The van der Waals surface area contributed by atoms with Gasteiger partial charge in [0.25, 0.3) is 11.5 Å². The molecule has 1 amide bonds. The Balaban J connectivity index is 2.08. The molecule has 4 aromatic rings. The van der Waals surface area contributed by atoms with Gasteiger partial charge >= 0.3 is 5.69 Å². The Morgan fingerprint density at radius 3 is 2.11 bits per heavy atom. The number of carbonyl (C=O) groups excluding carboxylic acids is 1. The van der Waals surface area contributed by atoms with E-state index in [1.165, 1.54) is 15.9 Å². The van der Waals surface area contributed by atoms with Crippen LogP contribution in [0.3, 0.4) is 0 Å². The van der Waals surface area contributed by atoms with Crippen LogP contribution in [-0.4, -0.2) is 33.0 Å². The monoisotopic (exact) mass is 489 g/mol. The van der Waals surface area contributed by atoms with E-state index in [2.05, 4.69) is 19.1 Å². The fraction of sp³-hybridized carbons (Fsp3) is 0.321. The minimum Gasteiger partial charge on any atom is -0.338 e. The largest absolute Gasteiger partial charge is 0.338 e. The maximum absolute atomic E-state index is 13.9. The molecule has 0 atom stereocenters. The molecule has 2 heterocycles. The molecule has 6 nitrogen and oxygen atoms in total. The summed E-state index contributed by atoms with van der Waals surface area (Å²) in [4.78, 5) is 43.7. The molecule has 0 aliphatic rings. The molecule has 7 heteroatoms. The van der Waals surface area contributed by atoms with E-state index in [9.17, 15) is 14.4 Å². The smallest absolute Gasteiger partial charge is 0.337 e. The minimum atomic E-state index is -0.406. The minimum absolute atomic E-state index is 0.110. The SMILES string of the molecule is CCN(CC)C(=O)c1sc2c(c1C)c(=O)n(-c1ccccc1)c(=O)n2Cc1c(C)cc(C)cc1C. The second-order valence-electron chi connectivity index (χ2n) is 8.94. The number of carbonyl (C=O) groups is 1. The maximum Gasteiger partial charge on any atom is 0.337 e. The zero-order valence-electron chi connectivity index (χ0n) is 21.1. The molecular formula is C28H31N3O3S. The number of nitrogens with zero attached hydrogens (tertiary/aromatic N) is 3. The summed E-state index contributed by atoms with van der Waals surface area (Å²) >= 11 is 1.24. The Morgan fingerprint density at radius 1 is 0.943 bits per heavy atom. The summed E-state index contributed by atoms with van der Waals surface area (Å²) in [7, 11) is 0. The predicted molar refractivity (Wildman–Crippen MR) is 143 cm³/mol. The average Bonchev–Trinajstić information content (AvgIpc) is 3.16. The summed E-state index contributed by atoms with van der Waals surface area (Å²) in [6.45, 7) is 13.3. The van der Waals surface area contributed by atoms with Crippen molar-refractivity contribution in [2.24, 2.45) is 0 Å². The van der Waals surface area contributed by atoms with Crippen LogP contribution in [0.15, 0.2) is 52.1 Å². The second kappa shape index (κ2) is 9.66. The molecule has 0 unspecified atom stereocenters. The van der Waals surface area contributed by atoms with Gasteiger partial charge in [-0.3, -0.25) is 14.2 Å². The molecule has 0 aliphatic carbocycles. The van der Waals surface area contributed by atoms with Crippen LogP contribution in [0.1, 0.15) is 51.3 Å². The van der Waals surface area contributed by atoms with Gasteiger partial charge in [-0.15, -0.1) is 11.3 Å². The van der Waals surface area contributed by atoms with Gasteiger partial charge < -0.3 is 4.90 Å². The summed E-state index contributed by atoms with van der Waals surface area (Å²) < 4.78 is 2.89. The van der Waals surface area contributed by atoms with Crippen molar-refractivity contribution in [2.75, 3.05) is 13.1 Å². The Morgan fingerprint density at radius 2 is 1.54 bits per heavy atom. The number of amides is 1. The maximum atomic E-state index is 13.9. The molecule has 0 radical (unpaired) electrons. The van der Waals surface area contributed by atoms with Crippen molar-refractivity contribution in [3.63, 3.8) is 0 Å². The predicted octanol–water partition coefficient (Wildman–Crippen LogP) is 4.98. The lowest BCUT2D eigenvalue weighted by atomic mass is 10.00. The van der Waals surface area contributed by atoms with E-state index in [1.807, 2.05) is 40.7 Å². The Bertz CT molecular complexity index is 1520. The van der Waals surface area contributed by atoms with Gasteiger partial charge in [0.2, 0.25) is 0 Å². The van der Waals surface area contributed by atoms with E-state index in [0.29, 0.717) is 46.0 Å². The third kappa shape index (κ3) is 4.25. The van der Waals surface area contributed by atoms with Gasteiger partial charge in [-0.25, -0.2) is 9.36 Å². The van der Waals surface area contributed by atoms with Crippen LogP contribution < -0.4 is 11.2 Å². The fourth-order valence-corrected chi connectivity index (χ4v) is 6.03. The lowest BCUT2D eigenvalue weighted by Crippen LogP contribution is -2.39. The van der Waals surface area contributed by atoms with Gasteiger partial charge in [-0.1, -0.05) is 35.9 Å². The summed E-state index contributed by atoms with van der Waals surface area (Å²) in [5.41, 5.74) is 4.73. The van der Waals surface area contributed by atoms with Crippen molar-refractivity contribution in [3.8, 4) is 5.69 Å². The van der Waals surface area contributed by atoms with Crippen LogP contribution in [0.25, 0.3) is 15.9 Å². The molecule has 0 bridgehead atoms. The van der Waals surface area contributed by atoms with Gasteiger partial charge in [0.1, 0.15) is 4.83 Å². The van der Waals surface area contributed by atoms with Crippen molar-refractivity contribution in [1.29, 1.82) is 0 Å². The molecule has 182 valence electrons. The summed E-state index contributed by atoms with van der Waals surface area (Å²) in [5.74, 6) is -0.110. The zero-order chi connectivity index (χ0) is 25.4. The number of para-hydroxylation sites is 1. The number of aromatic nitrogens is 2. The van der Waals surface area contributed by atoms with E-state index < -0.39 is 11.2 Å². The molecule has 0 fully saturated rings. The molecule has 4 rings (SSSR count). The van der Waals surface area contributed by atoms with E-state index in [0.717, 1.165) is 22.3 Å². The summed E-state index contributed by atoms with van der Waals surface area (Å²) in [5, 5.41) is 0.427. The number of hydrogen-bond donors (Lipinski definition) is 0. The van der Waals surface area contributed by atoms with Crippen LogP contribution in [0.4, 0.5) is 0 Å². The van der Waals surface area contributed by atoms with Crippen LogP contribution in [0.5, 0.6) is 0 Å². The Labute approximate surface area is 209 Å². The molecule has 0 saturated carbocycles. The van der Waals surface area contributed by atoms with E-state index >= 15 is 0 Å². The first-order valence-corrected chi connectivity index (χ1v) is 12.7. The lowest BCUT2D eigenvalue weighted by molar-refractivity contribution is 0.0777. The van der Waals surface area contributed by atoms with E-state index in [4.69, 9.17) is 0 Å². The van der Waals surface area contributed by atoms with Gasteiger partial charge in [0.15, 0.2) is 0 Å². The first kappa shape index (κ1) is 24.7. The number of fused-ring (bicyclic) bond motifs is 1. The van der Waals surface area contributed by atoms with Crippen molar-refractivity contribution in [2.45, 2.75) is 48.1 Å². The van der Waals surface area contributed by atoms with Gasteiger partial charge in [0.05, 0.1) is 22.5 Å². The molecule has 0 N–H and O–H groups in total. The Kier molecular flexibility index (Phi) is 6.81. The summed E-state index contributed by atoms with van der Waals surface area (Å²) in [6, 6.07) is 13.2. The number of thiophene rings is 1. The quantitative estimate of drug-likeness (QED) is 0.384. The highest BCUT2D eigenvalue weighted by molar-refractivity contribution is 7.20. The average molecular weight is 490 g/mol. The third-order valence-corrected chi connectivity index (χ3v) is 7.93. The molecule has 0 aliphatic heterocycles. The second-order valence-corrected chi connectivity index (χ2v) is 9.93. The van der Waals surface area contributed by atoms with Crippen LogP contribution in [-0.2, 0) is 6.54 Å². The summed E-state index contributed by atoms with van der Waals surface area (Å²) in [6.07, 6.45) is 0. The standard InChI is InChI=1S/C28H31N3O3S/c1-7-29(8-2)26(33)24-20(6)23-25(32)31(21-12-10-9-11-13-21)28(34)30(27(23)35-24)16-22-18(4)14-17(3)15-19(22)5/h9-15H,7-8,16H2,1-6H3. The molecule has 35 heavy (non-hydrogen) atoms. The van der Waals surface area contributed by atoms with Crippen LogP contribution in [0, 0.1) is 27.7 Å². The lowest BCUT2D eigenvalue weighted by Gasteiger charge is -2.17. The first-order chi connectivity index (χ1) is 16.7. The topological polar surface area (TPSA) is 64.3 Å². The van der Waals surface area contributed by atoms with Crippen LogP contribution >= 0.6 is 11.3 Å². The normalized spacial score (nSPS) is 11.3. The van der Waals surface area contributed by atoms with Gasteiger partial charge in [0, 0.05) is 13.1 Å². The van der Waals surface area contributed by atoms with Gasteiger partial charge in [-0.05, 0) is 75.9 Å². The first-order valence-electron chi connectivity index (χ1n) is 11.9. The Hall–Kier alpha value is -3.45. The number of rotatable bonds is 6. The van der Waals surface area contributed by atoms with Crippen molar-refractivity contribution >= 4 is 27.5 Å².